The Morgan fingerprint density at radius 3 is 2.25 bits per heavy atom. The van der Waals surface area contributed by atoms with Crippen molar-refractivity contribution in [3.8, 4) is 11.3 Å². The van der Waals surface area contributed by atoms with Crippen LogP contribution in [0.2, 0.25) is 5.02 Å². The van der Waals surface area contributed by atoms with Crippen LogP contribution in [-0.4, -0.2) is 21.8 Å². The first-order chi connectivity index (χ1) is 15.5. The van der Waals surface area contributed by atoms with Gasteiger partial charge in [0.15, 0.2) is 0 Å². The molecule has 0 fully saturated rings. The van der Waals surface area contributed by atoms with Gasteiger partial charge in [0, 0.05) is 23.0 Å². The van der Waals surface area contributed by atoms with E-state index in [9.17, 15) is 9.59 Å². The van der Waals surface area contributed by atoms with Crippen LogP contribution in [0.25, 0.3) is 11.3 Å². The lowest BCUT2D eigenvalue weighted by Crippen LogP contribution is -2.16. The number of hydrogen-bond acceptors (Lipinski definition) is 4. The molecule has 0 saturated heterocycles. The largest absolute Gasteiger partial charge is 0.322 e. The third-order valence-corrected chi connectivity index (χ3v) is 5.04. The third-order valence-electron chi connectivity index (χ3n) is 4.71. The minimum absolute atomic E-state index is 0.297. The SMILES string of the molecule is Cc1ncc(C(=O)Nc2ccc(Cl)c(NC(=O)c3ccccc3)c2)c(-c2ccccc2)n1. The Labute approximate surface area is 190 Å². The molecule has 0 atom stereocenters. The molecule has 6 nitrogen and oxygen atoms in total. The fourth-order valence-electron chi connectivity index (χ4n) is 3.13. The van der Waals surface area contributed by atoms with Crippen molar-refractivity contribution in [1.29, 1.82) is 0 Å². The summed E-state index contributed by atoms with van der Waals surface area (Å²) in [5, 5.41) is 5.97. The number of nitrogens with zero attached hydrogens (tertiary/aromatic N) is 2. The topological polar surface area (TPSA) is 84.0 Å². The molecule has 4 rings (SSSR count). The van der Waals surface area contributed by atoms with Gasteiger partial charge < -0.3 is 10.6 Å². The van der Waals surface area contributed by atoms with Crippen molar-refractivity contribution in [3.63, 3.8) is 0 Å². The van der Waals surface area contributed by atoms with E-state index in [4.69, 9.17) is 11.6 Å². The average molecular weight is 443 g/mol. The highest BCUT2D eigenvalue weighted by Gasteiger charge is 2.17. The summed E-state index contributed by atoms with van der Waals surface area (Å²) in [5.41, 5.74) is 3.07. The molecule has 3 aromatic carbocycles. The number of anilines is 2. The molecule has 0 aliphatic rings. The molecule has 2 N–H and O–H groups in total. The Balaban J connectivity index is 1.58. The summed E-state index contributed by atoms with van der Waals surface area (Å²) in [4.78, 5) is 34.2. The van der Waals surface area contributed by atoms with Crippen LogP contribution < -0.4 is 10.6 Å². The number of rotatable bonds is 5. The second-order valence-electron chi connectivity index (χ2n) is 7.01. The molecular formula is C25H19ClN4O2. The van der Waals surface area contributed by atoms with Crippen LogP contribution in [0, 0.1) is 6.92 Å². The maximum Gasteiger partial charge on any atom is 0.259 e. The fourth-order valence-corrected chi connectivity index (χ4v) is 3.30. The quantitative estimate of drug-likeness (QED) is 0.420. The summed E-state index contributed by atoms with van der Waals surface area (Å²) in [6, 6.07) is 23.1. The Bertz CT molecular complexity index is 1280. The molecule has 1 heterocycles. The maximum atomic E-state index is 13.0. The van der Waals surface area contributed by atoms with Gasteiger partial charge in [0.2, 0.25) is 0 Å². The van der Waals surface area contributed by atoms with Crippen molar-refractivity contribution in [3.05, 3.63) is 107 Å². The van der Waals surface area contributed by atoms with Crippen molar-refractivity contribution in [1.82, 2.24) is 9.97 Å². The van der Waals surface area contributed by atoms with Crippen LogP contribution in [0.1, 0.15) is 26.5 Å². The van der Waals surface area contributed by atoms with Gasteiger partial charge in [-0.15, -0.1) is 0 Å². The van der Waals surface area contributed by atoms with Gasteiger partial charge >= 0.3 is 0 Å². The van der Waals surface area contributed by atoms with Crippen molar-refractivity contribution in [2.45, 2.75) is 6.92 Å². The van der Waals surface area contributed by atoms with Crippen molar-refractivity contribution in [2.75, 3.05) is 10.6 Å². The van der Waals surface area contributed by atoms with Crippen LogP contribution in [-0.2, 0) is 0 Å². The highest BCUT2D eigenvalue weighted by Crippen LogP contribution is 2.27. The summed E-state index contributed by atoms with van der Waals surface area (Å²) in [6.45, 7) is 1.77. The summed E-state index contributed by atoms with van der Waals surface area (Å²) >= 11 is 6.26. The lowest BCUT2D eigenvalue weighted by Gasteiger charge is -2.12. The zero-order valence-corrected chi connectivity index (χ0v) is 17.9. The van der Waals surface area contributed by atoms with Gasteiger partial charge in [0.1, 0.15) is 5.82 Å². The highest BCUT2D eigenvalue weighted by atomic mass is 35.5. The van der Waals surface area contributed by atoms with Gasteiger partial charge in [-0.2, -0.15) is 0 Å². The van der Waals surface area contributed by atoms with Crippen molar-refractivity contribution in [2.24, 2.45) is 0 Å². The first-order valence-corrected chi connectivity index (χ1v) is 10.3. The van der Waals surface area contributed by atoms with E-state index in [0.29, 0.717) is 39.0 Å². The van der Waals surface area contributed by atoms with Crippen LogP contribution >= 0.6 is 11.6 Å². The summed E-state index contributed by atoms with van der Waals surface area (Å²) in [5.74, 6) is -0.0985. The van der Waals surface area contributed by atoms with E-state index in [0.717, 1.165) is 5.56 Å². The van der Waals surface area contributed by atoms with Crippen LogP contribution in [0.4, 0.5) is 11.4 Å². The Morgan fingerprint density at radius 1 is 0.844 bits per heavy atom. The van der Waals surface area contributed by atoms with E-state index in [1.165, 1.54) is 6.20 Å². The standard InChI is InChI=1S/C25H19ClN4O2/c1-16-27-15-20(23(28-16)17-8-4-2-5-9-17)25(32)29-19-12-13-21(26)22(14-19)30-24(31)18-10-6-3-7-11-18/h2-15H,1H3,(H,29,32)(H,30,31). The predicted molar refractivity (Wildman–Crippen MR) is 126 cm³/mol. The number of hydrogen-bond donors (Lipinski definition) is 2. The summed E-state index contributed by atoms with van der Waals surface area (Å²) < 4.78 is 0. The maximum absolute atomic E-state index is 13.0. The number of aromatic nitrogens is 2. The van der Waals surface area contributed by atoms with E-state index in [1.807, 2.05) is 36.4 Å². The fraction of sp³-hybridized carbons (Fsp3) is 0.0400. The molecule has 0 aliphatic carbocycles. The van der Waals surface area contributed by atoms with Crippen LogP contribution in [0.5, 0.6) is 0 Å². The molecule has 32 heavy (non-hydrogen) atoms. The van der Waals surface area contributed by atoms with Gasteiger partial charge in [0.05, 0.1) is 22.0 Å². The van der Waals surface area contributed by atoms with Crippen molar-refractivity contribution >= 4 is 34.8 Å². The lowest BCUT2D eigenvalue weighted by atomic mass is 10.1. The first kappa shape index (κ1) is 21.2. The highest BCUT2D eigenvalue weighted by molar-refractivity contribution is 6.34. The predicted octanol–water partition coefficient (Wildman–Crippen LogP) is 5.61. The molecule has 0 aliphatic heterocycles. The van der Waals surface area contributed by atoms with Gasteiger partial charge in [0.25, 0.3) is 11.8 Å². The third kappa shape index (κ3) is 4.82. The molecule has 4 aromatic rings. The van der Waals surface area contributed by atoms with Crippen LogP contribution in [0.15, 0.2) is 85.1 Å². The molecule has 2 amide bonds. The molecule has 0 unspecified atom stereocenters. The first-order valence-electron chi connectivity index (χ1n) is 9.87. The molecule has 158 valence electrons. The average Bonchev–Trinajstić information content (AvgIpc) is 2.82. The van der Waals surface area contributed by atoms with E-state index in [2.05, 4.69) is 20.6 Å². The minimum atomic E-state index is -0.369. The smallest absolute Gasteiger partial charge is 0.259 e. The van der Waals surface area contributed by atoms with Gasteiger partial charge in [-0.25, -0.2) is 9.97 Å². The molecule has 1 aromatic heterocycles. The molecule has 0 radical (unpaired) electrons. The summed E-state index contributed by atoms with van der Waals surface area (Å²) in [7, 11) is 0. The number of benzene rings is 3. The second kappa shape index (κ2) is 9.41. The Kier molecular flexibility index (Phi) is 6.24. The Hall–Kier alpha value is -4.03. The number of aryl methyl sites for hydroxylation is 1. The van der Waals surface area contributed by atoms with E-state index >= 15 is 0 Å². The van der Waals surface area contributed by atoms with Gasteiger partial charge in [-0.3, -0.25) is 9.59 Å². The molecule has 0 saturated carbocycles. The molecular weight excluding hydrogens is 424 g/mol. The zero-order chi connectivity index (χ0) is 22.5. The zero-order valence-electron chi connectivity index (χ0n) is 17.2. The van der Waals surface area contributed by atoms with E-state index in [1.54, 1.807) is 49.4 Å². The summed E-state index contributed by atoms with van der Waals surface area (Å²) in [6.07, 6.45) is 1.51. The number of halogens is 1. The number of carbonyl (C=O) groups is 2. The molecule has 0 spiro atoms. The molecule has 7 heteroatoms. The lowest BCUT2D eigenvalue weighted by molar-refractivity contribution is 0.101. The minimum Gasteiger partial charge on any atom is -0.322 e. The van der Waals surface area contributed by atoms with Gasteiger partial charge in [-0.1, -0.05) is 60.1 Å². The van der Waals surface area contributed by atoms with Gasteiger partial charge in [-0.05, 0) is 37.3 Å². The number of amides is 2. The second-order valence-corrected chi connectivity index (χ2v) is 7.42. The number of carbonyl (C=O) groups excluding carboxylic acids is 2. The monoisotopic (exact) mass is 442 g/mol. The van der Waals surface area contributed by atoms with E-state index < -0.39 is 0 Å². The van der Waals surface area contributed by atoms with Crippen molar-refractivity contribution < 1.29 is 9.59 Å². The van der Waals surface area contributed by atoms with Crippen LogP contribution in [0.3, 0.4) is 0 Å². The van der Waals surface area contributed by atoms with E-state index in [-0.39, 0.29) is 11.8 Å². The number of nitrogens with one attached hydrogen (secondary N) is 2. The molecule has 0 bridgehead atoms. The Morgan fingerprint density at radius 2 is 1.53 bits per heavy atom. The normalized spacial score (nSPS) is 10.4.